The summed E-state index contributed by atoms with van der Waals surface area (Å²) in [5.74, 6) is 1.84. The van der Waals surface area contributed by atoms with Crippen LogP contribution in [0, 0.1) is 0 Å². The van der Waals surface area contributed by atoms with Crippen LogP contribution in [-0.2, 0) is 6.42 Å². The smallest absolute Gasteiger partial charge is 0.191 e. The molecule has 7 heteroatoms. The van der Waals surface area contributed by atoms with E-state index in [2.05, 4.69) is 46.2 Å². The SMILES string of the molecule is C=C(C)CN1CCC(NC(=NCCc2nnc3ccccn23)NCC)CC1. The first kappa shape index (κ1) is 19.4. The third kappa shape index (κ3) is 5.53. The minimum absolute atomic E-state index is 0.470. The van der Waals surface area contributed by atoms with Gasteiger partial charge in [-0.1, -0.05) is 18.2 Å². The molecule has 146 valence electrons. The van der Waals surface area contributed by atoms with Gasteiger partial charge in [0.1, 0.15) is 5.82 Å². The van der Waals surface area contributed by atoms with Crippen molar-refractivity contribution in [3.8, 4) is 0 Å². The van der Waals surface area contributed by atoms with Crippen molar-refractivity contribution < 1.29 is 0 Å². The van der Waals surface area contributed by atoms with Crippen LogP contribution >= 0.6 is 0 Å². The monoisotopic (exact) mass is 369 g/mol. The van der Waals surface area contributed by atoms with Gasteiger partial charge in [0.05, 0.1) is 0 Å². The maximum atomic E-state index is 4.74. The molecule has 1 aliphatic heterocycles. The highest BCUT2D eigenvalue weighted by molar-refractivity contribution is 5.80. The molecular formula is C20H31N7. The van der Waals surface area contributed by atoms with Gasteiger partial charge in [-0.2, -0.15) is 0 Å². The Balaban J connectivity index is 1.52. The molecule has 0 amide bonds. The van der Waals surface area contributed by atoms with Gasteiger partial charge >= 0.3 is 0 Å². The Morgan fingerprint density at radius 3 is 2.85 bits per heavy atom. The predicted molar refractivity (Wildman–Crippen MR) is 110 cm³/mol. The summed E-state index contributed by atoms with van der Waals surface area (Å²) in [4.78, 5) is 7.22. The molecule has 3 heterocycles. The molecule has 0 aliphatic carbocycles. The second-order valence-electron chi connectivity index (χ2n) is 7.21. The Labute approximate surface area is 161 Å². The number of pyridine rings is 1. The van der Waals surface area contributed by atoms with E-state index < -0.39 is 0 Å². The van der Waals surface area contributed by atoms with Crippen LogP contribution in [0.2, 0.25) is 0 Å². The highest BCUT2D eigenvalue weighted by atomic mass is 15.2. The highest BCUT2D eigenvalue weighted by Crippen LogP contribution is 2.11. The van der Waals surface area contributed by atoms with Gasteiger partial charge in [-0.25, -0.2) is 0 Å². The zero-order chi connectivity index (χ0) is 19.1. The number of nitrogens with zero attached hydrogens (tertiary/aromatic N) is 5. The number of aromatic nitrogens is 3. The normalized spacial score (nSPS) is 16.6. The summed E-state index contributed by atoms with van der Waals surface area (Å²) in [6.07, 6.45) is 5.02. The highest BCUT2D eigenvalue weighted by Gasteiger charge is 2.19. The molecular weight excluding hydrogens is 338 g/mol. The first-order valence-corrected chi connectivity index (χ1v) is 9.86. The lowest BCUT2D eigenvalue weighted by molar-refractivity contribution is 0.221. The average Bonchev–Trinajstić information content (AvgIpc) is 3.06. The maximum Gasteiger partial charge on any atom is 0.191 e. The molecule has 3 rings (SSSR count). The van der Waals surface area contributed by atoms with Crippen molar-refractivity contribution in [1.82, 2.24) is 30.1 Å². The summed E-state index contributed by atoms with van der Waals surface area (Å²) < 4.78 is 2.02. The van der Waals surface area contributed by atoms with Gasteiger partial charge in [0, 0.05) is 51.4 Å². The molecule has 27 heavy (non-hydrogen) atoms. The molecule has 0 bridgehead atoms. The second-order valence-corrected chi connectivity index (χ2v) is 7.21. The fourth-order valence-corrected chi connectivity index (χ4v) is 3.46. The lowest BCUT2D eigenvalue weighted by Crippen LogP contribution is -2.49. The third-order valence-corrected chi connectivity index (χ3v) is 4.76. The number of hydrogen-bond acceptors (Lipinski definition) is 4. The fraction of sp³-hybridized carbons (Fsp3) is 0.550. The molecule has 0 atom stereocenters. The summed E-state index contributed by atoms with van der Waals surface area (Å²) in [7, 11) is 0. The Morgan fingerprint density at radius 1 is 1.30 bits per heavy atom. The average molecular weight is 370 g/mol. The summed E-state index contributed by atoms with van der Waals surface area (Å²) >= 11 is 0. The molecule has 0 aromatic carbocycles. The summed E-state index contributed by atoms with van der Waals surface area (Å²) in [6.45, 7) is 13.0. The van der Waals surface area contributed by atoms with Crippen LogP contribution in [0.4, 0.5) is 0 Å². The van der Waals surface area contributed by atoms with Gasteiger partial charge in [-0.05, 0) is 38.8 Å². The number of nitrogens with one attached hydrogen (secondary N) is 2. The molecule has 1 saturated heterocycles. The molecule has 2 aromatic rings. The van der Waals surface area contributed by atoms with Crippen molar-refractivity contribution in [2.75, 3.05) is 32.7 Å². The van der Waals surface area contributed by atoms with E-state index >= 15 is 0 Å². The van der Waals surface area contributed by atoms with Crippen molar-refractivity contribution in [2.45, 2.75) is 39.2 Å². The topological polar surface area (TPSA) is 69.8 Å². The van der Waals surface area contributed by atoms with E-state index in [4.69, 9.17) is 4.99 Å². The first-order chi connectivity index (χ1) is 13.2. The van der Waals surface area contributed by atoms with E-state index in [1.165, 1.54) is 5.57 Å². The number of rotatable bonds is 7. The molecule has 2 aromatic heterocycles. The van der Waals surface area contributed by atoms with Crippen LogP contribution in [0.15, 0.2) is 41.5 Å². The maximum absolute atomic E-state index is 4.74. The molecule has 2 N–H and O–H groups in total. The lowest BCUT2D eigenvalue weighted by Gasteiger charge is -2.33. The number of guanidine groups is 1. The van der Waals surface area contributed by atoms with Gasteiger partial charge in [0.25, 0.3) is 0 Å². The molecule has 0 spiro atoms. The van der Waals surface area contributed by atoms with Crippen molar-refractivity contribution in [3.63, 3.8) is 0 Å². The number of fused-ring (bicyclic) bond motifs is 1. The second kappa shape index (κ2) is 9.50. The summed E-state index contributed by atoms with van der Waals surface area (Å²) in [5.41, 5.74) is 2.11. The predicted octanol–water partition coefficient (Wildman–Crippen LogP) is 1.87. The van der Waals surface area contributed by atoms with Crippen molar-refractivity contribution in [3.05, 3.63) is 42.4 Å². The molecule has 1 aliphatic rings. The molecule has 7 nitrogen and oxygen atoms in total. The number of piperidine rings is 1. The lowest BCUT2D eigenvalue weighted by atomic mass is 10.0. The Bertz CT molecular complexity index is 771. The van der Waals surface area contributed by atoms with Crippen molar-refractivity contribution in [2.24, 2.45) is 4.99 Å². The van der Waals surface area contributed by atoms with E-state index in [-0.39, 0.29) is 0 Å². The minimum atomic E-state index is 0.470. The Kier molecular flexibility index (Phi) is 6.81. The van der Waals surface area contributed by atoms with E-state index in [1.807, 2.05) is 28.8 Å². The summed E-state index contributed by atoms with van der Waals surface area (Å²) in [5, 5.41) is 15.4. The fourth-order valence-electron chi connectivity index (χ4n) is 3.46. The molecule has 0 unspecified atom stereocenters. The van der Waals surface area contributed by atoms with Crippen LogP contribution < -0.4 is 10.6 Å². The Hall–Kier alpha value is -2.41. The molecule has 1 fully saturated rings. The van der Waals surface area contributed by atoms with Crippen molar-refractivity contribution >= 4 is 11.6 Å². The van der Waals surface area contributed by atoms with Gasteiger partial charge in [0.15, 0.2) is 11.6 Å². The van der Waals surface area contributed by atoms with Crippen LogP contribution in [0.1, 0.15) is 32.5 Å². The Morgan fingerprint density at radius 2 is 2.11 bits per heavy atom. The van der Waals surface area contributed by atoms with Crippen LogP contribution in [-0.4, -0.2) is 64.2 Å². The number of aliphatic imine (C=N–C) groups is 1. The third-order valence-electron chi connectivity index (χ3n) is 4.76. The first-order valence-electron chi connectivity index (χ1n) is 9.86. The van der Waals surface area contributed by atoms with Crippen LogP contribution in [0.25, 0.3) is 5.65 Å². The number of hydrogen-bond donors (Lipinski definition) is 2. The zero-order valence-corrected chi connectivity index (χ0v) is 16.5. The minimum Gasteiger partial charge on any atom is -0.357 e. The van der Waals surface area contributed by atoms with Gasteiger partial charge in [-0.3, -0.25) is 14.3 Å². The van der Waals surface area contributed by atoms with E-state index in [0.717, 1.165) is 62.9 Å². The van der Waals surface area contributed by atoms with Crippen LogP contribution in [0.3, 0.4) is 0 Å². The molecule has 0 radical (unpaired) electrons. The standard InChI is InChI=1S/C20H31N7/c1-4-21-20(23-17-9-13-26(14-10-17)15-16(2)3)22-11-8-19-25-24-18-7-5-6-12-27(18)19/h5-7,12,17H,2,4,8-11,13-15H2,1,3H3,(H2,21,22,23). The van der Waals surface area contributed by atoms with Gasteiger partial charge < -0.3 is 10.6 Å². The summed E-state index contributed by atoms with van der Waals surface area (Å²) in [6, 6.07) is 6.40. The van der Waals surface area contributed by atoms with Gasteiger partial charge in [-0.15, -0.1) is 10.2 Å². The molecule has 0 saturated carbocycles. The van der Waals surface area contributed by atoms with E-state index in [9.17, 15) is 0 Å². The number of likely N-dealkylation sites (tertiary alicyclic amines) is 1. The largest absolute Gasteiger partial charge is 0.357 e. The van der Waals surface area contributed by atoms with Crippen LogP contribution in [0.5, 0.6) is 0 Å². The van der Waals surface area contributed by atoms with E-state index in [1.54, 1.807) is 0 Å². The zero-order valence-electron chi connectivity index (χ0n) is 16.5. The quantitative estimate of drug-likeness (QED) is 0.443. The van der Waals surface area contributed by atoms with Crippen molar-refractivity contribution in [1.29, 1.82) is 0 Å². The van der Waals surface area contributed by atoms with Gasteiger partial charge in [0.2, 0.25) is 0 Å². The van der Waals surface area contributed by atoms with E-state index in [0.29, 0.717) is 12.6 Å².